The molecule has 1 aromatic carbocycles. The first kappa shape index (κ1) is 9.13. The Labute approximate surface area is 82.3 Å². The van der Waals surface area contributed by atoms with Crippen LogP contribution in [0, 0.1) is 5.82 Å². The van der Waals surface area contributed by atoms with Gasteiger partial charge in [-0.2, -0.15) is 0 Å². The van der Waals surface area contributed by atoms with E-state index in [1.54, 1.807) is 12.1 Å². The van der Waals surface area contributed by atoms with E-state index in [2.05, 4.69) is 6.58 Å². The molecule has 0 bridgehead atoms. The van der Waals surface area contributed by atoms with Crippen LogP contribution in [0.25, 0.3) is 6.08 Å². The summed E-state index contributed by atoms with van der Waals surface area (Å²) < 4.78 is 13.0. The Morgan fingerprint density at radius 3 is 2.79 bits per heavy atom. The molecule has 1 aromatic rings. The molecule has 0 radical (unpaired) electrons. The van der Waals surface area contributed by atoms with Crippen molar-refractivity contribution in [1.29, 1.82) is 0 Å². The van der Waals surface area contributed by atoms with Gasteiger partial charge >= 0.3 is 0 Å². The number of hydrogen-bond acceptors (Lipinski definition) is 1. The van der Waals surface area contributed by atoms with Gasteiger partial charge in [-0.3, -0.25) is 4.79 Å². The molecule has 1 aliphatic carbocycles. The van der Waals surface area contributed by atoms with Crippen LogP contribution in [0.15, 0.2) is 24.8 Å². The molecule has 1 aliphatic rings. The average molecular weight is 190 g/mol. The number of ketones is 1. The minimum Gasteiger partial charge on any atom is -0.299 e. The Kier molecular flexibility index (Phi) is 2.20. The molecule has 0 heterocycles. The van der Waals surface area contributed by atoms with Crippen LogP contribution in [-0.4, -0.2) is 5.78 Å². The molecule has 0 spiro atoms. The summed E-state index contributed by atoms with van der Waals surface area (Å²) in [5, 5.41) is 0. The molecule has 0 N–H and O–H groups in total. The lowest BCUT2D eigenvalue weighted by Crippen LogP contribution is -2.24. The normalized spacial score (nSPS) is 20.4. The maximum absolute atomic E-state index is 13.0. The van der Waals surface area contributed by atoms with Crippen LogP contribution < -0.4 is 0 Å². The van der Waals surface area contributed by atoms with E-state index in [4.69, 9.17) is 0 Å². The Balaban J connectivity index is 2.43. The number of benzene rings is 1. The summed E-state index contributed by atoms with van der Waals surface area (Å²) in [4.78, 5) is 11.3. The van der Waals surface area contributed by atoms with Crippen LogP contribution >= 0.6 is 0 Å². The fourth-order valence-electron chi connectivity index (χ4n) is 1.77. The Bertz CT molecular complexity index is 395. The summed E-state index contributed by atoms with van der Waals surface area (Å²) in [5.41, 5.74) is 1.65. The lowest BCUT2D eigenvalue weighted by molar-refractivity contribution is -0.125. The van der Waals surface area contributed by atoms with Crippen molar-refractivity contribution in [2.24, 2.45) is 0 Å². The molecule has 1 atom stereocenters. The van der Waals surface area contributed by atoms with Gasteiger partial charge in [-0.1, -0.05) is 18.7 Å². The first-order valence-corrected chi connectivity index (χ1v) is 4.67. The van der Waals surface area contributed by atoms with E-state index in [0.717, 1.165) is 17.5 Å². The van der Waals surface area contributed by atoms with Crippen LogP contribution in [0.4, 0.5) is 4.39 Å². The van der Waals surface area contributed by atoms with Crippen molar-refractivity contribution >= 4 is 11.9 Å². The fraction of sp³-hybridized carbons (Fsp3) is 0.250. The topological polar surface area (TPSA) is 17.1 Å². The van der Waals surface area contributed by atoms with Crippen molar-refractivity contribution in [3.63, 3.8) is 0 Å². The summed E-state index contributed by atoms with van der Waals surface area (Å²) in [6.07, 6.45) is 3.13. The van der Waals surface area contributed by atoms with Crippen LogP contribution in [0.3, 0.4) is 0 Å². The van der Waals surface area contributed by atoms with Gasteiger partial charge < -0.3 is 0 Å². The van der Waals surface area contributed by atoms with Crippen molar-refractivity contribution < 1.29 is 9.18 Å². The monoisotopic (exact) mass is 190 g/mol. The molecule has 0 amide bonds. The third-order valence-electron chi connectivity index (χ3n) is 2.71. The van der Waals surface area contributed by atoms with Crippen molar-refractivity contribution in [1.82, 2.24) is 0 Å². The van der Waals surface area contributed by atoms with E-state index in [1.807, 2.05) is 0 Å². The van der Waals surface area contributed by atoms with Crippen molar-refractivity contribution in [2.45, 2.75) is 18.8 Å². The maximum atomic E-state index is 13.0. The quantitative estimate of drug-likeness (QED) is 0.700. The van der Waals surface area contributed by atoms with E-state index in [-0.39, 0.29) is 17.5 Å². The van der Waals surface area contributed by atoms with Gasteiger partial charge in [0.05, 0.1) is 0 Å². The average Bonchev–Trinajstić information content (AvgIpc) is 2.16. The standard InChI is InChI=1S/C12H11FO/c1-2-8-3-4-9(13)7-11(8)10-5-6-12(10)14/h2-4,7,10H,1,5-6H2. The zero-order valence-corrected chi connectivity index (χ0v) is 7.79. The second-order valence-electron chi connectivity index (χ2n) is 3.53. The number of halogens is 1. The molecule has 1 fully saturated rings. The van der Waals surface area contributed by atoms with E-state index in [0.29, 0.717) is 6.42 Å². The molecular formula is C12H11FO. The lowest BCUT2D eigenvalue weighted by atomic mass is 9.77. The van der Waals surface area contributed by atoms with Crippen molar-refractivity contribution in [2.75, 3.05) is 0 Å². The number of rotatable bonds is 2. The largest absolute Gasteiger partial charge is 0.299 e. The number of Topliss-reactive ketones (excluding diaryl/α,β-unsaturated/α-hetero) is 1. The molecule has 2 heteroatoms. The van der Waals surface area contributed by atoms with Crippen LogP contribution in [0.1, 0.15) is 29.9 Å². The molecule has 0 aliphatic heterocycles. The van der Waals surface area contributed by atoms with E-state index in [9.17, 15) is 9.18 Å². The van der Waals surface area contributed by atoms with Crippen LogP contribution in [0.5, 0.6) is 0 Å². The third kappa shape index (κ3) is 1.37. The smallest absolute Gasteiger partial charge is 0.140 e. The summed E-state index contributed by atoms with van der Waals surface area (Å²) in [5.74, 6) is -0.178. The van der Waals surface area contributed by atoms with Gasteiger partial charge in [-0.15, -0.1) is 0 Å². The zero-order chi connectivity index (χ0) is 10.1. The first-order valence-electron chi connectivity index (χ1n) is 4.67. The maximum Gasteiger partial charge on any atom is 0.140 e. The molecule has 72 valence electrons. The van der Waals surface area contributed by atoms with Gasteiger partial charge in [0, 0.05) is 12.3 Å². The van der Waals surface area contributed by atoms with Crippen LogP contribution in [0.2, 0.25) is 0 Å². The second kappa shape index (κ2) is 3.37. The van der Waals surface area contributed by atoms with Crippen molar-refractivity contribution in [3.8, 4) is 0 Å². The predicted molar refractivity (Wildman–Crippen MR) is 53.5 cm³/mol. The molecular weight excluding hydrogens is 179 g/mol. The Hall–Kier alpha value is -1.44. The van der Waals surface area contributed by atoms with Gasteiger partial charge in [-0.05, 0) is 29.7 Å². The van der Waals surface area contributed by atoms with Gasteiger partial charge in [0.15, 0.2) is 0 Å². The minimum absolute atomic E-state index is 0.0984. The SMILES string of the molecule is C=Cc1ccc(F)cc1C1CCC1=O. The van der Waals surface area contributed by atoms with Gasteiger partial charge in [-0.25, -0.2) is 4.39 Å². The molecule has 0 saturated heterocycles. The zero-order valence-electron chi connectivity index (χ0n) is 7.79. The number of carbonyl (C=O) groups is 1. The summed E-state index contributed by atoms with van der Waals surface area (Å²) in [7, 11) is 0. The molecule has 1 saturated carbocycles. The Morgan fingerprint density at radius 2 is 2.29 bits per heavy atom. The fourth-order valence-corrected chi connectivity index (χ4v) is 1.77. The lowest BCUT2D eigenvalue weighted by Gasteiger charge is -2.25. The summed E-state index contributed by atoms with van der Waals surface area (Å²) in [6, 6.07) is 4.51. The minimum atomic E-state index is -0.287. The van der Waals surface area contributed by atoms with E-state index < -0.39 is 0 Å². The summed E-state index contributed by atoms with van der Waals surface area (Å²) >= 11 is 0. The van der Waals surface area contributed by atoms with E-state index >= 15 is 0 Å². The second-order valence-corrected chi connectivity index (χ2v) is 3.53. The molecule has 0 aromatic heterocycles. The Morgan fingerprint density at radius 1 is 1.50 bits per heavy atom. The summed E-state index contributed by atoms with van der Waals surface area (Å²) in [6.45, 7) is 3.65. The first-order chi connectivity index (χ1) is 6.72. The van der Waals surface area contributed by atoms with Gasteiger partial charge in [0.1, 0.15) is 11.6 Å². The van der Waals surface area contributed by atoms with Gasteiger partial charge in [0.2, 0.25) is 0 Å². The number of hydrogen-bond donors (Lipinski definition) is 0. The van der Waals surface area contributed by atoms with Crippen molar-refractivity contribution in [3.05, 3.63) is 41.7 Å². The molecule has 2 rings (SSSR count). The van der Waals surface area contributed by atoms with Gasteiger partial charge in [0.25, 0.3) is 0 Å². The highest BCUT2D eigenvalue weighted by molar-refractivity contribution is 5.92. The molecule has 1 unspecified atom stereocenters. The molecule has 1 nitrogen and oxygen atoms in total. The highest BCUT2D eigenvalue weighted by Gasteiger charge is 2.30. The highest BCUT2D eigenvalue weighted by atomic mass is 19.1. The highest BCUT2D eigenvalue weighted by Crippen LogP contribution is 2.35. The van der Waals surface area contributed by atoms with Crippen LogP contribution in [-0.2, 0) is 4.79 Å². The molecule has 14 heavy (non-hydrogen) atoms. The third-order valence-corrected chi connectivity index (χ3v) is 2.71. The van der Waals surface area contributed by atoms with E-state index in [1.165, 1.54) is 12.1 Å². The number of carbonyl (C=O) groups excluding carboxylic acids is 1. The predicted octanol–water partition coefficient (Wildman–Crippen LogP) is 2.92.